The summed E-state index contributed by atoms with van der Waals surface area (Å²) in [4.78, 5) is 47.2. The van der Waals surface area contributed by atoms with Crippen molar-refractivity contribution >= 4 is 44.2 Å². The van der Waals surface area contributed by atoms with Crippen LogP contribution in [0.15, 0.2) is 59.1 Å². The van der Waals surface area contributed by atoms with E-state index in [0.717, 1.165) is 30.1 Å². The summed E-state index contributed by atoms with van der Waals surface area (Å²) in [6, 6.07) is 4.07. The summed E-state index contributed by atoms with van der Waals surface area (Å²) in [7, 11) is -3.88. The first kappa shape index (κ1) is 29.8. The molecule has 2 aliphatic rings. The van der Waals surface area contributed by atoms with Gasteiger partial charge in [0.1, 0.15) is 22.1 Å². The highest BCUT2D eigenvalue weighted by molar-refractivity contribution is 7.90. The molecular formula is C30H29ClFN7O4S. The summed E-state index contributed by atoms with van der Waals surface area (Å²) in [6.07, 6.45) is 9.05. The number of rotatable bonds is 6. The Kier molecular flexibility index (Phi) is 7.70. The Balaban J connectivity index is 1.67. The van der Waals surface area contributed by atoms with E-state index in [1.165, 1.54) is 24.5 Å². The van der Waals surface area contributed by atoms with Crippen LogP contribution in [0.4, 0.5) is 10.2 Å². The zero-order valence-electron chi connectivity index (χ0n) is 24.1. The first-order valence-corrected chi connectivity index (χ1v) is 16.4. The van der Waals surface area contributed by atoms with Gasteiger partial charge in [-0.1, -0.05) is 24.6 Å². The average molecular weight is 638 g/mol. The molecule has 1 aliphatic heterocycles. The second kappa shape index (κ2) is 11.4. The average Bonchev–Trinajstić information content (AvgIpc) is 2.95. The second-order valence-corrected chi connectivity index (χ2v) is 13.5. The van der Waals surface area contributed by atoms with Crippen LogP contribution in [-0.2, 0) is 14.6 Å². The van der Waals surface area contributed by atoms with Crippen molar-refractivity contribution in [2.75, 3.05) is 30.8 Å². The molecular weight excluding hydrogens is 609 g/mol. The van der Waals surface area contributed by atoms with E-state index in [2.05, 4.69) is 26.5 Å². The zero-order valence-corrected chi connectivity index (χ0v) is 25.6. The van der Waals surface area contributed by atoms with Crippen molar-refractivity contribution in [3.63, 3.8) is 0 Å². The molecule has 0 bridgehead atoms. The van der Waals surface area contributed by atoms with E-state index >= 15 is 4.39 Å². The molecule has 44 heavy (non-hydrogen) atoms. The van der Waals surface area contributed by atoms with Crippen molar-refractivity contribution in [3.8, 4) is 17.1 Å². The molecule has 1 saturated heterocycles. The summed E-state index contributed by atoms with van der Waals surface area (Å²) >= 11 is 6.39. The lowest BCUT2D eigenvalue weighted by atomic mass is 9.80. The molecule has 1 atom stereocenters. The van der Waals surface area contributed by atoms with E-state index in [9.17, 15) is 18.0 Å². The van der Waals surface area contributed by atoms with Crippen LogP contribution in [0.5, 0.6) is 0 Å². The topological polar surface area (TPSA) is 131 Å². The largest absolute Gasteiger partial charge is 0.355 e. The number of amides is 1. The van der Waals surface area contributed by atoms with E-state index in [1.54, 1.807) is 23.2 Å². The summed E-state index contributed by atoms with van der Waals surface area (Å²) in [5, 5.41) is 0.332. The van der Waals surface area contributed by atoms with E-state index in [4.69, 9.17) is 11.6 Å². The molecule has 14 heteroatoms. The van der Waals surface area contributed by atoms with Crippen LogP contribution in [0.1, 0.15) is 37.7 Å². The number of anilines is 1. The molecule has 2 fully saturated rings. The number of fused-ring (bicyclic) bond motifs is 1. The molecule has 228 valence electrons. The standard InChI is InChI=1S/C30H29ClFN7O4S/c1-4-24(40)37-11-12-38(17(2)16-37)28-19-13-22(32)26(25-21(31)9-6-10-34-25)35-29(19)39(30(41)36-28)27-20(18-7-5-8-18)14-33-15-23(27)44(3,42)43/h4,6,9-10,13-15,17-18H,1,5,7-8,11-12,16H2,2-3H3/t17-/m0/s1. The van der Waals surface area contributed by atoms with Gasteiger partial charge in [0, 0.05) is 50.5 Å². The van der Waals surface area contributed by atoms with Crippen molar-refractivity contribution < 1.29 is 17.6 Å². The van der Waals surface area contributed by atoms with Gasteiger partial charge in [0.2, 0.25) is 5.91 Å². The summed E-state index contributed by atoms with van der Waals surface area (Å²) in [6.45, 7) is 6.38. The Hall–Kier alpha value is -4.23. The lowest BCUT2D eigenvalue weighted by Crippen LogP contribution is -2.54. The number of nitrogens with zero attached hydrogens (tertiary/aromatic N) is 7. The second-order valence-electron chi connectivity index (χ2n) is 11.1. The molecule has 4 aromatic heterocycles. The molecule has 0 radical (unpaired) electrons. The van der Waals surface area contributed by atoms with Crippen molar-refractivity contribution in [1.29, 1.82) is 0 Å². The molecule has 5 heterocycles. The minimum atomic E-state index is -3.88. The lowest BCUT2D eigenvalue weighted by Gasteiger charge is -2.40. The number of carbonyl (C=O) groups is 1. The van der Waals surface area contributed by atoms with E-state index in [-0.39, 0.29) is 61.7 Å². The molecule has 11 nitrogen and oxygen atoms in total. The molecule has 0 spiro atoms. The Labute approximate surface area is 258 Å². The number of hydrogen-bond donors (Lipinski definition) is 0. The summed E-state index contributed by atoms with van der Waals surface area (Å²) in [5.41, 5.74) is -0.265. The maximum Gasteiger partial charge on any atom is 0.355 e. The van der Waals surface area contributed by atoms with Crippen LogP contribution in [0.2, 0.25) is 5.02 Å². The van der Waals surface area contributed by atoms with Crippen molar-refractivity contribution in [1.82, 2.24) is 29.4 Å². The van der Waals surface area contributed by atoms with Crippen LogP contribution >= 0.6 is 11.6 Å². The fourth-order valence-corrected chi connectivity index (χ4v) is 6.86. The number of hydrogen-bond acceptors (Lipinski definition) is 9. The van der Waals surface area contributed by atoms with Gasteiger partial charge >= 0.3 is 5.69 Å². The van der Waals surface area contributed by atoms with E-state index in [0.29, 0.717) is 25.2 Å². The first-order chi connectivity index (χ1) is 21.0. The van der Waals surface area contributed by atoms with Gasteiger partial charge in [0.15, 0.2) is 21.3 Å². The van der Waals surface area contributed by atoms with Gasteiger partial charge in [-0.25, -0.2) is 27.2 Å². The highest BCUT2D eigenvalue weighted by atomic mass is 35.5. The number of halogens is 2. The van der Waals surface area contributed by atoms with Crippen LogP contribution in [-0.4, -0.2) is 75.7 Å². The zero-order chi connectivity index (χ0) is 31.3. The molecule has 0 aromatic carbocycles. The van der Waals surface area contributed by atoms with Gasteiger partial charge < -0.3 is 9.80 Å². The van der Waals surface area contributed by atoms with E-state index < -0.39 is 21.3 Å². The lowest BCUT2D eigenvalue weighted by molar-refractivity contribution is -0.126. The Morgan fingerprint density at radius 2 is 1.95 bits per heavy atom. The van der Waals surface area contributed by atoms with E-state index in [1.807, 2.05) is 11.8 Å². The monoisotopic (exact) mass is 637 g/mol. The number of sulfone groups is 1. The van der Waals surface area contributed by atoms with Gasteiger partial charge in [0.25, 0.3) is 0 Å². The van der Waals surface area contributed by atoms with Crippen molar-refractivity contribution in [2.45, 2.75) is 43.0 Å². The normalized spacial score (nSPS) is 17.5. The predicted molar refractivity (Wildman–Crippen MR) is 164 cm³/mol. The predicted octanol–water partition coefficient (Wildman–Crippen LogP) is 3.92. The van der Waals surface area contributed by atoms with Crippen LogP contribution in [0.25, 0.3) is 28.1 Å². The molecule has 1 amide bonds. The molecule has 6 rings (SSSR count). The van der Waals surface area contributed by atoms with Crippen LogP contribution in [0.3, 0.4) is 0 Å². The number of pyridine rings is 3. The minimum absolute atomic E-state index is 0.00779. The molecule has 0 unspecified atom stereocenters. The van der Waals surface area contributed by atoms with Crippen LogP contribution in [0, 0.1) is 5.82 Å². The third-order valence-corrected chi connectivity index (χ3v) is 9.65. The van der Waals surface area contributed by atoms with Gasteiger partial charge in [0.05, 0.1) is 16.1 Å². The third-order valence-electron chi connectivity index (χ3n) is 8.25. The SMILES string of the molecule is C=CC(=O)N1CCN(c2nc(=O)n(-c3c(C4CCC4)cncc3S(C)(=O)=O)c3nc(-c4ncccc4Cl)c(F)cc23)[C@@H](C)C1. The number of piperazine rings is 1. The quantitative estimate of drug-likeness (QED) is 0.289. The third kappa shape index (κ3) is 5.13. The molecule has 0 N–H and O–H groups in total. The first-order valence-electron chi connectivity index (χ1n) is 14.1. The van der Waals surface area contributed by atoms with Gasteiger partial charge in [-0.15, -0.1) is 0 Å². The van der Waals surface area contributed by atoms with Gasteiger partial charge in [-0.2, -0.15) is 4.98 Å². The Bertz CT molecular complexity index is 2000. The van der Waals surface area contributed by atoms with Gasteiger partial charge in [-0.3, -0.25) is 14.8 Å². The Morgan fingerprint density at radius 3 is 2.59 bits per heavy atom. The van der Waals surface area contributed by atoms with Crippen molar-refractivity contribution in [3.05, 3.63) is 76.3 Å². The number of aromatic nitrogens is 5. The fourth-order valence-electron chi connectivity index (χ4n) is 5.83. The Morgan fingerprint density at radius 1 is 1.18 bits per heavy atom. The van der Waals surface area contributed by atoms with Gasteiger partial charge in [-0.05, 0) is 55.5 Å². The molecule has 1 saturated carbocycles. The minimum Gasteiger partial charge on any atom is -0.350 e. The highest BCUT2D eigenvalue weighted by Crippen LogP contribution is 2.41. The highest BCUT2D eigenvalue weighted by Gasteiger charge is 2.33. The van der Waals surface area contributed by atoms with Crippen LogP contribution < -0.4 is 10.6 Å². The number of carbonyl (C=O) groups excluding carboxylic acids is 1. The maximum absolute atomic E-state index is 16.0. The fraction of sp³-hybridized carbons (Fsp3) is 0.333. The molecule has 4 aromatic rings. The summed E-state index contributed by atoms with van der Waals surface area (Å²) in [5.74, 6) is -0.827. The van der Waals surface area contributed by atoms with Crippen molar-refractivity contribution in [2.24, 2.45) is 0 Å². The summed E-state index contributed by atoms with van der Waals surface area (Å²) < 4.78 is 43.3. The smallest absolute Gasteiger partial charge is 0.350 e. The maximum atomic E-state index is 16.0. The molecule has 1 aliphatic carbocycles.